The third-order valence-electron chi connectivity index (χ3n) is 6.01. The van der Waals surface area contributed by atoms with Gasteiger partial charge in [-0.2, -0.15) is 0 Å². The second kappa shape index (κ2) is 13.3. The van der Waals surface area contributed by atoms with Crippen LogP contribution in [-0.2, 0) is 11.2 Å². The maximum Gasteiger partial charge on any atom is 0.255 e. The molecular formula is C30H28FN3O6. The van der Waals surface area contributed by atoms with Gasteiger partial charge in [0.15, 0.2) is 0 Å². The van der Waals surface area contributed by atoms with Gasteiger partial charge in [-0.3, -0.25) is 14.6 Å². The van der Waals surface area contributed by atoms with Crippen LogP contribution in [0.2, 0.25) is 0 Å². The predicted octanol–water partition coefficient (Wildman–Crippen LogP) is 3.20. The molecule has 0 radical (unpaired) electrons. The van der Waals surface area contributed by atoms with E-state index in [0.29, 0.717) is 22.9 Å². The average molecular weight is 546 g/mol. The molecule has 3 aromatic carbocycles. The molecule has 10 heteroatoms. The van der Waals surface area contributed by atoms with Crippen molar-refractivity contribution in [3.05, 3.63) is 108 Å². The normalized spacial score (nSPS) is 12.3. The lowest BCUT2D eigenvalue weighted by Gasteiger charge is -2.24. The number of phenolic OH excluding ortho intramolecular Hbond substituents is 1. The van der Waals surface area contributed by atoms with Gasteiger partial charge in [-0.1, -0.05) is 18.2 Å². The number of aliphatic hydroxyl groups excluding tert-OH is 2. The van der Waals surface area contributed by atoms with Crippen molar-refractivity contribution in [3.63, 3.8) is 0 Å². The zero-order valence-corrected chi connectivity index (χ0v) is 21.3. The fourth-order valence-electron chi connectivity index (χ4n) is 3.94. The van der Waals surface area contributed by atoms with Crippen LogP contribution in [0.25, 0.3) is 11.3 Å². The van der Waals surface area contributed by atoms with Crippen LogP contribution in [0.4, 0.5) is 4.39 Å². The molecule has 0 aliphatic heterocycles. The average Bonchev–Trinajstić information content (AvgIpc) is 2.97. The fraction of sp³-hybridized carbons (Fsp3) is 0.167. The Bertz CT molecular complexity index is 1450. The first-order valence-electron chi connectivity index (χ1n) is 12.5. The zero-order valence-electron chi connectivity index (χ0n) is 21.3. The van der Waals surface area contributed by atoms with Crippen LogP contribution in [0.3, 0.4) is 0 Å². The number of para-hydroxylation sites is 1. The van der Waals surface area contributed by atoms with Gasteiger partial charge in [0.25, 0.3) is 5.91 Å². The summed E-state index contributed by atoms with van der Waals surface area (Å²) in [5, 5.41) is 35.1. The molecule has 40 heavy (non-hydrogen) atoms. The molecule has 4 rings (SSSR count). The number of aromatic nitrogens is 1. The van der Waals surface area contributed by atoms with E-state index >= 15 is 0 Å². The van der Waals surface area contributed by atoms with Gasteiger partial charge in [-0.05, 0) is 72.8 Å². The second-order valence-corrected chi connectivity index (χ2v) is 8.93. The van der Waals surface area contributed by atoms with Crippen LogP contribution in [0.1, 0.15) is 16.1 Å². The number of carbonyl (C=O) groups excluding carboxylic acids is 2. The SMILES string of the molecule is O=C(CO)NC(CNC(=O)c1ccccc1O)C(O)Cc1cccc(-c2ccc(Oc3ccc(F)cc3)cc2)n1. The second-order valence-electron chi connectivity index (χ2n) is 8.93. The molecule has 1 heterocycles. The number of halogens is 1. The highest BCUT2D eigenvalue weighted by Gasteiger charge is 2.23. The summed E-state index contributed by atoms with van der Waals surface area (Å²) in [5.74, 6) is -0.783. The van der Waals surface area contributed by atoms with Crippen LogP contribution >= 0.6 is 0 Å². The number of benzene rings is 3. The standard InChI is InChI=1S/C30H28FN3O6/c31-20-10-14-23(15-11-20)40-22-12-8-19(9-13-22)25-6-3-4-21(33-25)16-28(37)26(34-29(38)18-35)17-32-30(39)24-5-1-2-7-27(24)36/h1-15,26,28,35-37H,16-18H2,(H,32,39)(H,34,38). The quantitative estimate of drug-likeness (QED) is 0.195. The highest BCUT2D eigenvalue weighted by molar-refractivity contribution is 5.96. The van der Waals surface area contributed by atoms with E-state index in [0.717, 1.165) is 5.56 Å². The third kappa shape index (κ3) is 7.62. The van der Waals surface area contributed by atoms with Crippen molar-refractivity contribution in [3.8, 4) is 28.5 Å². The monoisotopic (exact) mass is 545 g/mol. The Labute approximate surface area is 229 Å². The molecule has 0 bridgehead atoms. The molecule has 2 unspecified atom stereocenters. The molecule has 2 atom stereocenters. The Balaban J connectivity index is 1.42. The molecular weight excluding hydrogens is 517 g/mol. The van der Waals surface area contributed by atoms with Crippen LogP contribution < -0.4 is 15.4 Å². The van der Waals surface area contributed by atoms with Crippen molar-refractivity contribution in [2.75, 3.05) is 13.2 Å². The lowest BCUT2D eigenvalue weighted by molar-refractivity contribution is -0.125. The lowest BCUT2D eigenvalue weighted by atomic mass is 10.0. The molecule has 0 spiro atoms. The number of aromatic hydroxyl groups is 1. The molecule has 0 aliphatic rings. The smallest absolute Gasteiger partial charge is 0.255 e. The van der Waals surface area contributed by atoms with Crippen LogP contribution in [0, 0.1) is 5.82 Å². The number of nitrogens with one attached hydrogen (secondary N) is 2. The summed E-state index contributed by atoms with van der Waals surface area (Å²) >= 11 is 0. The zero-order chi connectivity index (χ0) is 28.5. The van der Waals surface area contributed by atoms with E-state index in [1.54, 1.807) is 36.4 Å². The van der Waals surface area contributed by atoms with E-state index in [1.807, 2.05) is 18.2 Å². The van der Waals surface area contributed by atoms with Crippen molar-refractivity contribution in [1.29, 1.82) is 0 Å². The van der Waals surface area contributed by atoms with Crippen LogP contribution in [0.5, 0.6) is 17.2 Å². The Morgan fingerprint density at radius 3 is 2.25 bits per heavy atom. The molecule has 0 saturated carbocycles. The van der Waals surface area contributed by atoms with E-state index in [9.17, 15) is 29.3 Å². The molecule has 206 valence electrons. The minimum Gasteiger partial charge on any atom is -0.507 e. The molecule has 4 aromatic rings. The summed E-state index contributed by atoms with van der Waals surface area (Å²) in [4.78, 5) is 29.0. The molecule has 0 saturated heterocycles. The van der Waals surface area contributed by atoms with Gasteiger partial charge >= 0.3 is 0 Å². The topological polar surface area (TPSA) is 141 Å². The van der Waals surface area contributed by atoms with Gasteiger partial charge in [0, 0.05) is 24.2 Å². The van der Waals surface area contributed by atoms with Gasteiger partial charge in [-0.15, -0.1) is 0 Å². The number of amides is 2. The van der Waals surface area contributed by atoms with Crippen molar-refractivity contribution in [2.45, 2.75) is 18.6 Å². The third-order valence-corrected chi connectivity index (χ3v) is 6.01. The number of pyridine rings is 1. The summed E-state index contributed by atoms with van der Waals surface area (Å²) in [7, 11) is 0. The number of ether oxygens (including phenoxy) is 1. The molecule has 2 amide bonds. The first-order valence-corrected chi connectivity index (χ1v) is 12.5. The minimum absolute atomic E-state index is 0.0441. The summed E-state index contributed by atoms with van der Waals surface area (Å²) in [6, 6.07) is 23.2. The van der Waals surface area contributed by atoms with Crippen molar-refractivity contribution >= 4 is 11.8 Å². The molecule has 0 aliphatic carbocycles. The summed E-state index contributed by atoms with van der Waals surface area (Å²) in [6.45, 7) is -0.944. The van der Waals surface area contributed by atoms with Crippen molar-refractivity contribution in [1.82, 2.24) is 15.6 Å². The van der Waals surface area contributed by atoms with E-state index in [-0.39, 0.29) is 30.1 Å². The highest BCUT2D eigenvalue weighted by Crippen LogP contribution is 2.25. The molecule has 5 N–H and O–H groups in total. The van der Waals surface area contributed by atoms with E-state index in [4.69, 9.17) is 4.74 Å². The summed E-state index contributed by atoms with van der Waals surface area (Å²) < 4.78 is 18.8. The number of rotatable bonds is 11. The molecule has 0 fully saturated rings. The van der Waals surface area contributed by atoms with Gasteiger partial charge in [0.2, 0.25) is 5.91 Å². The molecule has 1 aromatic heterocycles. The minimum atomic E-state index is -1.16. The summed E-state index contributed by atoms with van der Waals surface area (Å²) in [6.07, 6.45) is -1.11. The van der Waals surface area contributed by atoms with Crippen molar-refractivity contribution < 1.29 is 34.0 Å². The van der Waals surface area contributed by atoms with E-state index in [1.165, 1.54) is 36.4 Å². The summed E-state index contributed by atoms with van der Waals surface area (Å²) in [5.41, 5.74) is 2.02. The van der Waals surface area contributed by atoms with Crippen molar-refractivity contribution in [2.24, 2.45) is 0 Å². The number of phenols is 1. The number of hydrogen-bond acceptors (Lipinski definition) is 7. The van der Waals surface area contributed by atoms with E-state index in [2.05, 4.69) is 15.6 Å². The Morgan fingerprint density at radius 2 is 1.57 bits per heavy atom. The maximum atomic E-state index is 13.1. The maximum absolute atomic E-state index is 13.1. The Kier molecular flexibility index (Phi) is 9.39. The number of hydrogen-bond donors (Lipinski definition) is 5. The van der Waals surface area contributed by atoms with Gasteiger partial charge in [-0.25, -0.2) is 4.39 Å². The van der Waals surface area contributed by atoms with Gasteiger partial charge in [0.1, 0.15) is 29.7 Å². The van der Waals surface area contributed by atoms with Gasteiger partial charge < -0.3 is 30.7 Å². The highest BCUT2D eigenvalue weighted by atomic mass is 19.1. The van der Waals surface area contributed by atoms with Crippen LogP contribution in [0.15, 0.2) is 91.0 Å². The predicted molar refractivity (Wildman–Crippen MR) is 145 cm³/mol. The van der Waals surface area contributed by atoms with E-state index < -0.39 is 30.6 Å². The van der Waals surface area contributed by atoms with Gasteiger partial charge in [0.05, 0.1) is 23.4 Å². The Morgan fingerprint density at radius 1 is 0.900 bits per heavy atom. The first kappa shape index (κ1) is 28.2. The lowest BCUT2D eigenvalue weighted by Crippen LogP contribution is -2.51. The number of aliphatic hydroxyl groups is 2. The van der Waals surface area contributed by atoms with Crippen LogP contribution in [-0.4, -0.2) is 57.4 Å². The largest absolute Gasteiger partial charge is 0.507 e. The fourth-order valence-corrected chi connectivity index (χ4v) is 3.94. The molecule has 9 nitrogen and oxygen atoms in total. The number of nitrogens with zero attached hydrogens (tertiary/aromatic N) is 1. The number of carbonyl (C=O) groups is 2. The Hall–Kier alpha value is -4.80. The first-order chi connectivity index (χ1) is 19.3.